The fourth-order valence-electron chi connectivity index (χ4n) is 1.83. The highest BCUT2D eigenvalue weighted by atomic mass is 16.5. The Labute approximate surface area is 126 Å². The van der Waals surface area contributed by atoms with Gasteiger partial charge in [-0.3, -0.25) is 14.3 Å². The van der Waals surface area contributed by atoms with Crippen LogP contribution in [0.2, 0.25) is 0 Å². The number of amides is 1. The van der Waals surface area contributed by atoms with Crippen molar-refractivity contribution >= 4 is 5.91 Å². The Morgan fingerprint density at radius 2 is 2.05 bits per heavy atom. The van der Waals surface area contributed by atoms with E-state index in [4.69, 9.17) is 0 Å². The lowest BCUT2D eigenvalue weighted by Gasteiger charge is -2.19. The summed E-state index contributed by atoms with van der Waals surface area (Å²) in [4.78, 5) is 33.5. The van der Waals surface area contributed by atoms with Crippen molar-refractivity contribution in [2.75, 3.05) is 13.1 Å². The van der Waals surface area contributed by atoms with Gasteiger partial charge in [0.2, 0.25) is 11.7 Å². The van der Waals surface area contributed by atoms with Gasteiger partial charge in [0.1, 0.15) is 12.2 Å². The molecular weight excluding hydrogens is 286 g/mol. The van der Waals surface area contributed by atoms with Crippen molar-refractivity contribution in [1.82, 2.24) is 24.6 Å². The van der Waals surface area contributed by atoms with Crippen molar-refractivity contribution in [3.63, 3.8) is 0 Å². The maximum absolute atomic E-state index is 12.3. The number of aromatic nitrogens is 4. The quantitative estimate of drug-likeness (QED) is 0.691. The summed E-state index contributed by atoms with van der Waals surface area (Å²) < 4.78 is 5.75. The Kier molecular flexibility index (Phi) is 4.97. The van der Waals surface area contributed by atoms with Gasteiger partial charge in [0.25, 0.3) is 0 Å². The van der Waals surface area contributed by atoms with Crippen LogP contribution in [0.1, 0.15) is 0 Å². The van der Waals surface area contributed by atoms with Crippen LogP contribution in [0.3, 0.4) is 0 Å². The Morgan fingerprint density at radius 1 is 1.32 bits per heavy atom. The lowest BCUT2D eigenvalue weighted by atomic mass is 10.3. The van der Waals surface area contributed by atoms with Gasteiger partial charge < -0.3 is 4.90 Å². The molecule has 2 aromatic rings. The molecule has 0 aromatic carbocycles. The van der Waals surface area contributed by atoms with E-state index in [0.717, 1.165) is 4.57 Å². The molecule has 0 saturated carbocycles. The van der Waals surface area contributed by atoms with Crippen LogP contribution in [0.4, 0.5) is 0 Å². The highest BCUT2D eigenvalue weighted by molar-refractivity contribution is 5.76. The van der Waals surface area contributed by atoms with E-state index in [2.05, 4.69) is 32.8 Å². The smallest absolute Gasteiger partial charge is 0.334 e. The third-order valence-corrected chi connectivity index (χ3v) is 2.82. The van der Waals surface area contributed by atoms with Crippen molar-refractivity contribution in [2.45, 2.75) is 6.54 Å². The van der Waals surface area contributed by atoms with Gasteiger partial charge in [-0.2, -0.15) is 0 Å². The fourth-order valence-corrected chi connectivity index (χ4v) is 1.83. The van der Waals surface area contributed by atoms with Crippen molar-refractivity contribution in [2.24, 2.45) is 0 Å². The van der Waals surface area contributed by atoms with Crippen LogP contribution in [-0.2, 0) is 11.3 Å². The van der Waals surface area contributed by atoms with Gasteiger partial charge in [-0.15, -0.1) is 13.2 Å². The van der Waals surface area contributed by atoms with E-state index in [9.17, 15) is 9.59 Å². The molecule has 2 aromatic heterocycles. The minimum absolute atomic E-state index is 0.156. The molecule has 2 heterocycles. The van der Waals surface area contributed by atoms with Crippen LogP contribution in [0.5, 0.6) is 0 Å². The molecule has 0 unspecified atom stereocenters. The zero-order valence-electron chi connectivity index (χ0n) is 11.9. The highest BCUT2D eigenvalue weighted by Gasteiger charge is 2.19. The van der Waals surface area contributed by atoms with Gasteiger partial charge >= 0.3 is 5.76 Å². The summed E-state index contributed by atoms with van der Waals surface area (Å²) in [5.74, 6) is -0.856. The van der Waals surface area contributed by atoms with Gasteiger partial charge in [-0.05, 0) is 0 Å². The third kappa shape index (κ3) is 3.35. The van der Waals surface area contributed by atoms with Gasteiger partial charge in [-0.25, -0.2) is 14.3 Å². The Bertz CT molecular complexity index is 710. The molecule has 0 aliphatic carbocycles. The first-order valence-corrected chi connectivity index (χ1v) is 6.49. The SMILES string of the molecule is C=CCN(CC=C)C(=O)Cn1c(-c2cnccn2)noc1=O. The lowest BCUT2D eigenvalue weighted by Crippen LogP contribution is -2.36. The standard InChI is InChI=1S/C14H15N5O3/c1-3-7-18(8-4-2)12(20)10-19-13(17-22-14(19)21)11-9-15-5-6-16-11/h3-6,9H,1-2,7-8,10H2. The molecule has 8 heteroatoms. The Hall–Kier alpha value is -3.03. The summed E-state index contributed by atoms with van der Waals surface area (Å²) in [6.45, 7) is 7.69. The predicted octanol–water partition coefficient (Wildman–Crippen LogP) is 0.494. The van der Waals surface area contributed by atoms with E-state index in [-0.39, 0.29) is 18.3 Å². The number of hydrogen-bond donors (Lipinski definition) is 0. The highest BCUT2D eigenvalue weighted by Crippen LogP contribution is 2.10. The molecule has 8 nitrogen and oxygen atoms in total. The normalized spacial score (nSPS) is 10.2. The first-order valence-electron chi connectivity index (χ1n) is 6.49. The molecule has 0 saturated heterocycles. The summed E-state index contributed by atoms with van der Waals surface area (Å²) in [5, 5.41) is 3.65. The monoisotopic (exact) mass is 301 g/mol. The first-order chi connectivity index (χ1) is 10.7. The van der Waals surface area contributed by atoms with Crippen LogP contribution in [0, 0.1) is 0 Å². The largest absolute Gasteiger partial charge is 0.442 e. The number of hydrogen-bond acceptors (Lipinski definition) is 6. The molecule has 0 aliphatic rings. The maximum atomic E-state index is 12.3. The summed E-state index contributed by atoms with van der Waals surface area (Å²) in [6, 6.07) is 0. The molecule has 0 radical (unpaired) electrons. The summed E-state index contributed by atoms with van der Waals surface area (Å²) in [6.07, 6.45) is 7.59. The Balaban J connectivity index is 2.28. The topological polar surface area (TPSA) is 94.1 Å². The van der Waals surface area contributed by atoms with Crippen LogP contribution in [0.15, 0.2) is 53.2 Å². The molecule has 0 aliphatic heterocycles. The van der Waals surface area contributed by atoms with E-state index >= 15 is 0 Å². The molecule has 1 amide bonds. The van der Waals surface area contributed by atoms with Gasteiger partial charge in [0.15, 0.2) is 0 Å². The van der Waals surface area contributed by atoms with E-state index < -0.39 is 5.76 Å². The lowest BCUT2D eigenvalue weighted by molar-refractivity contribution is -0.130. The molecule has 22 heavy (non-hydrogen) atoms. The second-order valence-electron chi connectivity index (χ2n) is 4.32. The average Bonchev–Trinajstić information content (AvgIpc) is 2.89. The minimum atomic E-state index is -0.730. The van der Waals surface area contributed by atoms with E-state index in [1.54, 1.807) is 12.2 Å². The van der Waals surface area contributed by atoms with Crippen molar-refractivity contribution < 1.29 is 9.32 Å². The van der Waals surface area contributed by atoms with Crippen molar-refractivity contribution in [3.8, 4) is 11.5 Å². The summed E-state index contributed by atoms with van der Waals surface area (Å²) in [5.41, 5.74) is 0.347. The molecule has 0 N–H and O–H groups in total. The van der Waals surface area contributed by atoms with Crippen LogP contribution in [0.25, 0.3) is 11.5 Å². The van der Waals surface area contributed by atoms with Crippen LogP contribution in [-0.4, -0.2) is 43.6 Å². The molecule has 114 valence electrons. The van der Waals surface area contributed by atoms with Gasteiger partial charge in [-0.1, -0.05) is 17.3 Å². The fraction of sp³-hybridized carbons (Fsp3) is 0.214. The zero-order valence-corrected chi connectivity index (χ0v) is 11.9. The number of carbonyl (C=O) groups is 1. The Morgan fingerprint density at radius 3 is 2.64 bits per heavy atom. The number of carbonyl (C=O) groups excluding carboxylic acids is 1. The summed E-state index contributed by atoms with van der Waals surface area (Å²) in [7, 11) is 0. The molecule has 0 fully saturated rings. The maximum Gasteiger partial charge on any atom is 0.442 e. The van der Waals surface area contributed by atoms with Crippen LogP contribution >= 0.6 is 0 Å². The molecular formula is C14H15N5O3. The van der Waals surface area contributed by atoms with Gasteiger partial charge in [0.05, 0.1) is 6.20 Å². The molecule has 0 bridgehead atoms. The molecule has 0 spiro atoms. The predicted molar refractivity (Wildman–Crippen MR) is 78.8 cm³/mol. The zero-order chi connectivity index (χ0) is 15.9. The molecule has 0 atom stereocenters. The summed E-state index contributed by atoms with van der Waals surface area (Å²) >= 11 is 0. The second-order valence-corrected chi connectivity index (χ2v) is 4.32. The van der Waals surface area contributed by atoms with E-state index in [1.807, 2.05) is 0 Å². The van der Waals surface area contributed by atoms with E-state index in [0.29, 0.717) is 18.8 Å². The first kappa shape index (κ1) is 15.4. The second kappa shape index (κ2) is 7.11. The number of rotatable bonds is 7. The van der Waals surface area contributed by atoms with Gasteiger partial charge in [0, 0.05) is 25.5 Å². The van der Waals surface area contributed by atoms with Crippen molar-refractivity contribution in [1.29, 1.82) is 0 Å². The van der Waals surface area contributed by atoms with Crippen molar-refractivity contribution in [3.05, 3.63) is 54.5 Å². The average molecular weight is 301 g/mol. The van der Waals surface area contributed by atoms with Crippen LogP contribution < -0.4 is 5.76 Å². The van der Waals surface area contributed by atoms with E-state index in [1.165, 1.54) is 23.5 Å². The molecule has 2 rings (SSSR count). The number of nitrogens with zero attached hydrogens (tertiary/aromatic N) is 5. The third-order valence-electron chi connectivity index (χ3n) is 2.82. The minimum Gasteiger partial charge on any atom is -0.334 e.